The number of methoxy groups -OCH3 is 1. The summed E-state index contributed by atoms with van der Waals surface area (Å²) in [6.45, 7) is 0. The summed E-state index contributed by atoms with van der Waals surface area (Å²) in [5.41, 5.74) is 1.18. The van der Waals surface area contributed by atoms with Crippen LogP contribution in [0.15, 0.2) is 29.2 Å². The number of carbonyl (C=O) groups is 1. The molecular weight excluding hydrogens is 222 g/mol. The van der Waals surface area contributed by atoms with Crippen LogP contribution < -0.4 is 4.90 Å². The average Bonchev–Trinajstić information content (AvgIpc) is 2.29. The fourth-order valence-electron chi connectivity index (χ4n) is 1.19. The molecule has 0 aromatic heterocycles. The highest BCUT2D eigenvalue weighted by molar-refractivity contribution is 7.99. The Morgan fingerprint density at radius 2 is 1.94 bits per heavy atom. The van der Waals surface area contributed by atoms with E-state index in [1.807, 2.05) is 14.1 Å². The Morgan fingerprint density at radius 3 is 2.44 bits per heavy atom. The molecule has 3 nitrogen and oxygen atoms in total. The van der Waals surface area contributed by atoms with Gasteiger partial charge in [0.15, 0.2) is 0 Å². The second kappa shape index (κ2) is 6.43. The zero-order valence-corrected chi connectivity index (χ0v) is 10.7. The lowest BCUT2D eigenvalue weighted by molar-refractivity contribution is -0.140. The van der Waals surface area contributed by atoms with Crippen molar-refractivity contribution in [1.29, 1.82) is 0 Å². The van der Waals surface area contributed by atoms with Crippen molar-refractivity contribution in [2.45, 2.75) is 11.3 Å². The van der Waals surface area contributed by atoms with E-state index in [9.17, 15) is 4.79 Å². The zero-order chi connectivity index (χ0) is 12.0. The van der Waals surface area contributed by atoms with E-state index >= 15 is 0 Å². The Kier molecular flexibility index (Phi) is 5.19. The molecule has 1 rings (SSSR count). The quantitative estimate of drug-likeness (QED) is 0.583. The van der Waals surface area contributed by atoms with Crippen LogP contribution in [0, 0.1) is 0 Å². The largest absolute Gasteiger partial charge is 0.469 e. The molecule has 0 radical (unpaired) electrons. The monoisotopic (exact) mass is 239 g/mol. The first-order chi connectivity index (χ1) is 7.63. The van der Waals surface area contributed by atoms with Crippen molar-refractivity contribution in [1.82, 2.24) is 0 Å². The third-order valence-corrected chi connectivity index (χ3v) is 3.17. The van der Waals surface area contributed by atoms with Crippen LogP contribution in [0.3, 0.4) is 0 Å². The molecule has 0 aliphatic rings. The van der Waals surface area contributed by atoms with Crippen LogP contribution in [0.25, 0.3) is 0 Å². The van der Waals surface area contributed by atoms with Crippen molar-refractivity contribution in [3.05, 3.63) is 24.3 Å². The molecule has 88 valence electrons. The van der Waals surface area contributed by atoms with E-state index in [0.717, 1.165) is 5.75 Å². The first kappa shape index (κ1) is 12.9. The molecule has 0 spiro atoms. The van der Waals surface area contributed by atoms with E-state index < -0.39 is 0 Å². The third kappa shape index (κ3) is 4.14. The molecule has 0 saturated carbocycles. The van der Waals surface area contributed by atoms with Crippen molar-refractivity contribution in [3.63, 3.8) is 0 Å². The highest BCUT2D eigenvalue weighted by Crippen LogP contribution is 2.21. The van der Waals surface area contributed by atoms with Crippen molar-refractivity contribution < 1.29 is 9.53 Å². The predicted octanol–water partition coefficient (Wildman–Crippen LogP) is 2.41. The van der Waals surface area contributed by atoms with Gasteiger partial charge in [0.1, 0.15) is 0 Å². The number of rotatable bonds is 5. The van der Waals surface area contributed by atoms with Crippen molar-refractivity contribution in [3.8, 4) is 0 Å². The van der Waals surface area contributed by atoms with Crippen molar-refractivity contribution >= 4 is 23.4 Å². The number of thioether (sulfide) groups is 1. The molecule has 16 heavy (non-hydrogen) atoms. The van der Waals surface area contributed by atoms with E-state index in [4.69, 9.17) is 0 Å². The van der Waals surface area contributed by atoms with E-state index in [0.29, 0.717) is 6.42 Å². The molecule has 4 heteroatoms. The molecule has 0 saturated heterocycles. The normalized spacial score (nSPS) is 9.94. The van der Waals surface area contributed by atoms with Crippen LogP contribution in [0.1, 0.15) is 6.42 Å². The fourth-order valence-corrected chi connectivity index (χ4v) is 2.03. The number of carbonyl (C=O) groups excluding carboxylic acids is 1. The van der Waals surface area contributed by atoms with Crippen LogP contribution >= 0.6 is 11.8 Å². The van der Waals surface area contributed by atoms with Crippen LogP contribution in [0.2, 0.25) is 0 Å². The van der Waals surface area contributed by atoms with Gasteiger partial charge in [-0.15, -0.1) is 11.8 Å². The van der Waals surface area contributed by atoms with Crippen LogP contribution in [0.5, 0.6) is 0 Å². The number of ether oxygens (including phenoxy) is 1. The predicted molar refractivity (Wildman–Crippen MR) is 68.1 cm³/mol. The molecule has 0 amide bonds. The minimum atomic E-state index is -0.155. The van der Waals surface area contributed by atoms with Gasteiger partial charge >= 0.3 is 5.97 Å². The minimum Gasteiger partial charge on any atom is -0.469 e. The van der Waals surface area contributed by atoms with E-state index in [1.165, 1.54) is 17.7 Å². The number of nitrogens with zero attached hydrogens (tertiary/aromatic N) is 1. The first-order valence-electron chi connectivity index (χ1n) is 5.10. The Bertz CT molecular complexity index is 335. The topological polar surface area (TPSA) is 29.5 Å². The molecule has 0 fully saturated rings. The summed E-state index contributed by atoms with van der Waals surface area (Å²) in [6, 6.07) is 8.27. The first-order valence-corrected chi connectivity index (χ1v) is 6.09. The maximum absolute atomic E-state index is 10.9. The van der Waals surface area contributed by atoms with E-state index in [2.05, 4.69) is 33.9 Å². The summed E-state index contributed by atoms with van der Waals surface area (Å²) < 4.78 is 4.58. The molecule has 0 aliphatic carbocycles. The Hall–Kier alpha value is -1.16. The summed E-state index contributed by atoms with van der Waals surface area (Å²) in [7, 11) is 5.44. The Labute approximate surface area is 101 Å². The van der Waals surface area contributed by atoms with Crippen LogP contribution in [0.4, 0.5) is 5.69 Å². The standard InChI is InChI=1S/C12H17NO2S/c1-13(2)10-4-6-11(7-5-10)16-9-8-12(14)15-3/h4-7H,8-9H2,1-3H3. The third-order valence-electron chi connectivity index (χ3n) is 2.16. The summed E-state index contributed by atoms with van der Waals surface area (Å²) in [5, 5.41) is 0. The van der Waals surface area contributed by atoms with Gasteiger partial charge in [0, 0.05) is 30.4 Å². The molecule has 0 heterocycles. The number of esters is 1. The van der Waals surface area contributed by atoms with Crippen LogP contribution in [-0.2, 0) is 9.53 Å². The molecule has 0 N–H and O–H groups in total. The number of anilines is 1. The van der Waals surface area contributed by atoms with Gasteiger partial charge in [-0.25, -0.2) is 0 Å². The molecule has 0 bridgehead atoms. The van der Waals surface area contributed by atoms with Crippen molar-refractivity contribution in [2.24, 2.45) is 0 Å². The van der Waals surface area contributed by atoms with Gasteiger partial charge in [0.05, 0.1) is 13.5 Å². The van der Waals surface area contributed by atoms with Gasteiger partial charge in [-0.1, -0.05) is 0 Å². The molecule has 0 aliphatic heterocycles. The highest BCUT2D eigenvalue weighted by atomic mass is 32.2. The lowest BCUT2D eigenvalue weighted by Crippen LogP contribution is -2.07. The molecule has 0 unspecified atom stereocenters. The maximum Gasteiger partial charge on any atom is 0.306 e. The number of hydrogen-bond donors (Lipinski definition) is 0. The number of benzene rings is 1. The summed E-state index contributed by atoms with van der Waals surface area (Å²) >= 11 is 1.67. The second-order valence-corrected chi connectivity index (χ2v) is 4.73. The summed E-state index contributed by atoms with van der Waals surface area (Å²) in [4.78, 5) is 14.1. The second-order valence-electron chi connectivity index (χ2n) is 3.56. The van der Waals surface area contributed by atoms with Gasteiger partial charge in [-0.3, -0.25) is 4.79 Å². The van der Waals surface area contributed by atoms with E-state index in [-0.39, 0.29) is 5.97 Å². The van der Waals surface area contributed by atoms with Crippen molar-refractivity contribution in [2.75, 3.05) is 31.9 Å². The highest BCUT2D eigenvalue weighted by Gasteiger charge is 2.01. The zero-order valence-electron chi connectivity index (χ0n) is 9.90. The average molecular weight is 239 g/mol. The minimum absolute atomic E-state index is 0.155. The molecule has 1 aromatic carbocycles. The van der Waals surface area contributed by atoms with Gasteiger partial charge in [0.25, 0.3) is 0 Å². The molecular formula is C12H17NO2S. The maximum atomic E-state index is 10.9. The number of hydrogen-bond acceptors (Lipinski definition) is 4. The smallest absolute Gasteiger partial charge is 0.306 e. The molecule has 0 atom stereocenters. The summed E-state index contributed by atoms with van der Waals surface area (Å²) in [5.74, 6) is 0.603. The van der Waals surface area contributed by atoms with Gasteiger partial charge in [-0.2, -0.15) is 0 Å². The van der Waals surface area contributed by atoms with Crippen LogP contribution in [-0.4, -0.2) is 32.9 Å². The Balaban J connectivity index is 2.40. The summed E-state index contributed by atoms with van der Waals surface area (Å²) in [6.07, 6.45) is 0.455. The van der Waals surface area contributed by atoms with Gasteiger partial charge in [-0.05, 0) is 24.3 Å². The lowest BCUT2D eigenvalue weighted by Gasteiger charge is -2.12. The lowest BCUT2D eigenvalue weighted by atomic mass is 10.3. The van der Waals surface area contributed by atoms with Gasteiger partial charge < -0.3 is 9.64 Å². The SMILES string of the molecule is COC(=O)CCSc1ccc(N(C)C)cc1. The Morgan fingerprint density at radius 1 is 1.31 bits per heavy atom. The molecule has 1 aromatic rings. The van der Waals surface area contributed by atoms with Gasteiger partial charge in [0.2, 0.25) is 0 Å². The fraction of sp³-hybridized carbons (Fsp3) is 0.417. The van der Waals surface area contributed by atoms with E-state index in [1.54, 1.807) is 11.8 Å².